The summed E-state index contributed by atoms with van der Waals surface area (Å²) in [5, 5.41) is 20.0. The summed E-state index contributed by atoms with van der Waals surface area (Å²) < 4.78 is 25.6. The summed E-state index contributed by atoms with van der Waals surface area (Å²) in [7, 11) is -3.91. The van der Waals surface area contributed by atoms with E-state index < -0.39 is 44.4 Å². The van der Waals surface area contributed by atoms with Crippen LogP contribution in [0.15, 0.2) is 58.4 Å². The Kier molecular flexibility index (Phi) is 6.32. The Morgan fingerprint density at radius 1 is 1.33 bits per heavy atom. The van der Waals surface area contributed by atoms with Gasteiger partial charge in [0.25, 0.3) is 5.91 Å². The largest absolute Gasteiger partial charge is 1.00 e. The van der Waals surface area contributed by atoms with E-state index in [1.807, 2.05) is 0 Å². The number of carbonyl (C=O) groups excluding carboxylic acids is 1. The number of carbonyl (C=O) groups is 2. The number of fused-ring (bicyclic) bond motifs is 1. The molecule has 9 nitrogen and oxygen atoms in total. The summed E-state index contributed by atoms with van der Waals surface area (Å²) in [5.41, 5.74) is -0.211. The summed E-state index contributed by atoms with van der Waals surface area (Å²) in [6.45, 7) is 0. The molecule has 4 rings (SSSR count). The molecule has 30 heavy (non-hydrogen) atoms. The van der Waals surface area contributed by atoms with E-state index in [0.29, 0.717) is 5.69 Å². The van der Waals surface area contributed by atoms with Crippen molar-refractivity contribution in [1.29, 1.82) is 0 Å². The number of hydrogen-bond acceptors (Lipinski definition) is 7. The number of nitrogens with zero attached hydrogens (tertiary/aromatic N) is 3. The number of carboxylic acid groups (broad SMARTS) is 1. The molecule has 3 heterocycles. The minimum atomic E-state index is -3.91. The zero-order valence-electron chi connectivity index (χ0n) is 16.1. The quantitative estimate of drug-likeness (QED) is 0.169. The maximum absolute atomic E-state index is 12.8. The Balaban J connectivity index is 0.00000256. The molecule has 0 unspecified atom stereocenters. The SMILES string of the molecule is O=C(O)C1=C(/C=C/C([O-])=NC2CC2)CS(=O)(=O)[C@@H]2/C(=C/c3ccccn3)C(=O)N12.[Na+]. The summed E-state index contributed by atoms with van der Waals surface area (Å²) in [5.74, 6) is -3.33. The van der Waals surface area contributed by atoms with Gasteiger partial charge >= 0.3 is 35.5 Å². The molecule has 1 saturated heterocycles. The Labute approximate surface area is 194 Å². The average molecular weight is 437 g/mol. The number of allylic oxidation sites excluding steroid dienone is 1. The van der Waals surface area contributed by atoms with Crippen molar-refractivity contribution in [3.8, 4) is 0 Å². The van der Waals surface area contributed by atoms with Gasteiger partial charge in [-0.05, 0) is 42.5 Å². The second kappa shape index (κ2) is 8.46. The summed E-state index contributed by atoms with van der Waals surface area (Å²) in [6.07, 6.45) is 6.66. The summed E-state index contributed by atoms with van der Waals surface area (Å²) in [6, 6.07) is 4.95. The fraction of sp³-hybridized carbons (Fsp3) is 0.263. The molecular weight excluding hydrogens is 421 g/mol. The van der Waals surface area contributed by atoms with E-state index in [4.69, 9.17) is 0 Å². The number of aromatic nitrogens is 1. The summed E-state index contributed by atoms with van der Waals surface area (Å²) >= 11 is 0. The molecule has 2 fully saturated rings. The normalized spacial score (nSPS) is 24.5. The monoisotopic (exact) mass is 437 g/mol. The zero-order valence-corrected chi connectivity index (χ0v) is 18.9. The maximum Gasteiger partial charge on any atom is 1.00 e. The molecule has 0 radical (unpaired) electrons. The molecule has 11 heteroatoms. The average Bonchev–Trinajstić information content (AvgIpc) is 3.48. The molecule has 1 atom stereocenters. The first-order valence-corrected chi connectivity index (χ1v) is 10.6. The number of β-lactam (4-membered cyclic amide) rings is 1. The van der Waals surface area contributed by atoms with Crippen LogP contribution in [0.2, 0.25) is 0 Å². The molecule has 150 valence electrons. The first-order valence-electron chi connectivity index (χ1n) is 8.85. The molecule has 3 aliphatic rings. The number of sulfone groups is 1. The van der Waals surface area contributed by atoms with Crippen LogP contribution in [0.1, 0.15) is 18.5 Å². The van der Waals surface area contributed by atoms with Gasteiger partial charge < -0.3 is 10.2 Å². The summed E-state index contributed by atoms with van der Waals surface area (Å²) in [4.78, 5) is 33.0. The van der Waals surface area contributed by atoms with Crippen molar-refractivity contribution in [2.75, 3.05) is 5.75 Å². The van der Waals surface area contributed by atoms with Crippen LogP contribution in [0.5, 0.6) is 0 Å². The van der Waals surface area contributed by atoms with Crippen molar-refractivity contribution in [2.45, 2.75) is 24.3 Å². The van der Waals surface area contributed by atoms with Crippen molar-refractivity contribution in [2.24, 2.45) is 4.99 Å². The predicted molar refractivity (Wildman–Crippen MR) is 101 cm³/mol. The van der Waals surface area contributed by atoms with Crippen molar-refractivity contribution in [3.63, 3.8) is 0 Å². The van der Waals surface area contributed by atoms with E-state index >= 15 is 0 Å². The van der Waals surface area contributed by atoms with E-state index in [0.717, 1.165) is 29.9 Å². The number of aliphatic imine (C=N–C) groups is 1. The number of aliphatic carboxylic acids is 1. The van der Waals surface area contributed by atoms with Gasteiger partial charge in [0.2, 0.25) is 0 Å². The van der Waals surface area contributed by atoms with Crippen LogP contribution < -0.4 is 34.7 Å². The van der Waals surface area contributed by atoms with Crippen LogP contribution in [-0.4, -0.2) is 58.4 Å². The molecule has 1 aromatic heterocycles. The first kappa shape index (κ1) is 22.4. The van der Waals surface area contributed by atoms with Crippen LogP contribution in [-0.2, 0) is 19.4 Å². The van der Waals surface area contributed by atoms with Crippen LogP contribution >= 0.6 is 0 Å². The van der Waals surface area contributed by atoms with Gasteiger partial charge in [0, 0.05) is 12.2 Å². The van der Waals surface area contributed by atoms with Gasteiger partial charge in [-0.25, -0.2) is 13.2 Å². The molecule has 1 aromatic rings. The number of rotatable bonds is 5. The molecule has 2 aliphatic heterocycles. The molecule has 1 saturated carbocycles. The Hall–Kier alpha value is -2.27. The van der Waals surface area contributed by atoms with Gasteiger partial charge in [-0.1, -0.05) is 18.2 Å². The fourth-order valence-electron chi connectivity index (χ4n) is 3.24. The first-order chi connectivity index (χ1) is 13.8. The topological polar surface area (TPSA) is 140 Å². The van der Waals surface area contributed by atoms with Crippen LogP contribution in [0.4, 0.5) is 0 Å². The van der Waals surface area contributed by atoms with E-state index in [9.17, 15) is 28.2 Å². The van der Waals surface area contributed by atoms with Gasteiger partial charge in [0.1, 0.15) is 5.70 Å². The van der Waals surface area contributed by atoms with E-state index in [1.54, 1.807) is 18.2 Å². The van der Waals surface area contributed by atoms with Crippen LogP contribution in [0.25, 0.3) is 6.08 Å². The smallest absolute Gasteiger partial charge is 0.859 e. The minimum absolute atomic E-state index is 0. The second-order valence-electron chi connectivity index (χ2n) is 6.90. The van der Waals surface area contributed by atoms with Crippen molar-refractivity contribution >= 4 is 33.7 Å². The number of pyridine rings is 1. The van der Waals surface area contributed by atoms with Gasteiger partial charge in [-0.2, -0.15) is 0 Å². The molecule has 0 bridgehead atoms. The van der Waals surface area contributed by atoms with E-state index in [-0.39, 0.29) is 46.7 Å². The minimum Gasteiger partial charge on any atom is -0.859 e. The van der Waals surface area contributed by atoms with Gasteiger partial charge in [-0.3, -0.25) is 19.7 Å². The number of carboxylic acids is 1. The van der Waals surface area contributed by atoms with Crippen LogP contribution in [0.3, 0.4) is 0 Å². The molecule has 1 aliphatic carbocycles. The number of hydrogen-bond donors (Lipinski definition) is 1. The van der Waals surface area contributed by atoms with Crippen LogP contribution in [0, 0.1) is 0 Å². The Morgan fingerprint density at radius 3 is 2.67 bits per heavy atom. The third-order valence-electron chi connectivity index (χ3n) is 4.69. The third-order valence-corrected chi connectivity index (χ3v) is 6.54. The predicted octanol–water partition coefficient (Wildman–Crippen LogP) is -3.12. The molecule has 1 N–H and O–H groups in total. The van der Waals surface area contributed by atoms with E-state index in [1.165, 1.54) is 12.3 Å². The Morgan fingerprint density at radius 2 is 2.07 bits per heavy atom. The van der Waals surface area contributed by atoms with Gasteiger partial charge in [-0.15, -0.1) is 0 Å². The van der Waals surface area contributed by atoms with Crippen molar-refractivity contribution < 1.29 is 57.8 Å². The fourth-order valence-corrected chi connectivity index (χ4v) is 5.14. The molecule has 0 aromatic carbocycles. The van der Waals surface area contributed by atoms with Crippen molar-refractivity contribution in [3.05, 3.63) is 59.1 Å². The Bertz CT molecular complexity index is 1120. The van der Waals surface area contributed by atoms with Gasteiger partial charge in [0.05, 0.1) is 17.0 Å². The maximum atomic E-state index is 12.8. The molecule has 1 amide bonds. The second-order valence-corrected chi connectivity index (χ2v) is 8.96. The number of amides is 1. The third kappa shape index (κ3) is 4.27. The molecule has 0 spiro atoms. The molecular formula is C19H16N3NaO6S. The van der Waals surface area contributed by atoms with Gasteiger partial charge in [0.15, 0.2) is 15.2 Å². The van der Waals surface area contributed by atoms with Crippen molar-refractivity contribution in [1.82, 2.24) is 9.88 Å². The zero-order chi connectivity index (χ0) is 20.8. The van der Waals surface area contributed by atoms with E-state index in [2.05, 4.69) is 9.98 Å². The standard InChI is InChI=1S/C19H17N3O6S.Na/c23-15(21-12-5-6-12)7-4-11-10-29(27,28)18-14(9-13-3-1-2-8-20-13)17(24)22(18)16(11)19(25)26;/h1-4,7-9,12,18H,5-6,10H2,(H,21,23)(H,25,26);/q;+1/p-1/b7-4+,14-9+;/t18-;/m1./s1.